The number of aryl methyl sites for hydroxylation is 1. The number of sulfonamides is 1. The highest BCUT2D eigenvalue weighted by Crippen LogP contribution is 2.23. The molecule has 0 spiro atoms. The van der Waals surface area contributed by atoms with Crippen molar-refractivity contribution in [1.82, 2.24) is 34.1 Å². The van der Waals surface area contributed by atoms with E-state index in [9.17, 15) is 21.6 Å². The van der Waals surface area contributed by atoms with E-state index in [1.807, 2.05) is 6.07 Å². The first-order valence-corrected chi connectivity index (χ1v) is 16.0. The summed E-state index contributed by atoms with van der Waals surface area (Å²) in [7, 11) is -8.12. The summed E-state index contributed by atoms with van der Waals surface area (Å²) in [4.78, 5) is 23.4. The molecule has 43 heavy (non-hydrogen) atoms. The molecule has 0 unspecified atom stereocenters. The average molecular weight is 629 g/mol. The predicted octanol–water partition coefficient (Wildman–Crippen LogP) is -0.261. The normalized spacial score (nSPS) is 16.8. The van der Waals surface area contributed by atoms with Crippen LogP contribution in [0.5, 0.6) is 5.75 Å². The van der Waals surface area contributed by atoms with Crippen molar-refractivity contribution in [3.05, 3.63) is 59.4 Å². The second-order valence-corrected chi connectivity index (χ2v) is 13.0. The molecule has 0 atom stereocenters. The van der Waals surface area contributed by atoms with E-state index >= 15 is 0 Å². The maximum atomic E-state index is 13.2. The van der Waals surface area contributed by atoms with Crippen molar-refractivity contribution in [3.8, 4) is 11.8 Å². The first-order valence-electron chi connectivity index (χ1n) is 13.2. The standard InChI is InChI=1S/C25H28N10O6S2/c1-18-16-19(17-26)29-25(28-18)33-12-14-34(15-13-33)42(37,38)23-7-6-22(31-32-23)30-24(36)20-4-2-3-5-21(20)41-43(39,40)35-10-8-27-9-11-35/h2-7,16,27H,8-15H2,1H3,(H,30,31,36). The molecule has 0 aliphatic carbocycles. The molecule has 4 heterocycles. The fourth-order valence-electron chi connectivity index (χ4n) is 4.48. The van der Waals surface area contributed by atoms with Crippen molar-refractivity contribution >= 4 is 38.0 Å². The Bertz CT molecular complexity index is 1750. The van der Waals surface area contributed by atoms with Crippen LogP contribution in [-0.2, 0) is 20.3 Å². The summed E-state index contributed by atoms with van der Waals surface area (Å²) in [6.07, 6.45) is 0. The van der Waals surface area contributed by atoms with Gasteiger partial charge >= 0.3 is 10.3 Å². The monoisotopic (exact) mass is 628 g/mol. The molecule has 5 rings (SSSR count). The van der Waals surface area contributed by atoms with Gasteiger partial charge in [0.05, 0.1) is 5.56 Å². The molecule has 18 heteroatoms. The Labute approximate surface area is 248 Å². The van der Waals surface area contributed by atoms with E-state index in [2.05, 4.69) is 30.8 Å². The fraction of sp³-hybridized carbons (Fsp3) is 0.360. The predicted molar refractivity (Wildman–Crippen MR) is 153 cm³/mol. The number of benzene rings is 1. The molecule has 0 radical (unpaired) electrons. The molecule has 2 fully saturated rings. The Kier molecular flexibility index (Phi) is 8.79. The van der Waals surface area contributed by atoms with Gasteiger partial charge in [-0.3, -0.25) is 4.79 Å². The molecular formula is C25H28N10O6S2. The summed E-state index contributed by atoms with van der Waals surface area (Å²) >= 11 is 0. The van der Waals surface area contributed by atoms with Gasteiger partial charge in [-0.05, 0) is 37.3 Å². The maximum absolute atomic E-state index is 13.2. The van der Waals surface area contributed by atoms with E-state index in [4.69, 9.17) is 9.44 Å². The van der Waals surface area contributed by atoms with Crippen molar-refractivity contribution in [2.24, 2.45) is 0 Å². The molecular weight excluding hydrogens is 600 g/mol. The number of carbonyl (C=O) groups is 1. The number of nitriles is 1. The van der Waals surface area contributed by atoms with Crippen molar-refractivity contribution < 1.29 is 25.8 Å². The van der Waals surface area contributed by atoms with Crippen molar-refractivity contribution in [3.63, 3.8) is 0 Å². The number of hydrogen-bond acceptors (Lipinski definition) is 13. The zero-order valence-electron chi connectivity index (χ0n) is 23.0. The lowest BCUT2D eigenvalue weighted by Gasteiger charge is -2.33. The largest absolute Gasteiger partial charge is 0.385 e. The topological polar surface area (TPSA) is 204 Å². The summed E-state index contributed by atoms with van der Waals surface area (Å²) in [5.41, 5.74) is 0.809. The van der Waals surface area contributed by atoms with Crippen LogP contribution in [-0.4, -0.2) is 104 Å². The van der Waals surface area contributed by atoms with Gasteiger partial charge in [0.2, 0.25) is 5.95 Å². The van der Waals surface area contributed by atoms with E-state index in [0.717, 1.165) is 0 Å². The first kappa shape index (κ1) is 30.2. The molecule has 1 amide bonds. The highest BCUT2D eigenvalue weighted by Gasteiger charge is 2.31. The lowest BCUT2D eigenvalue weighted by atomic mass is 10.2. The average Bonchev–Trinajstić information content (AvgIpc) is 3.01. The van der Waals surface area contributed by atoms with Gasteiger partial charge in [-0.25, -0.2) is 18.4 Å². The minimum absolute atomic E-state index is 0.0431. The van der Waals surface area contributed by atoms with Crippen molar-refractivity contribution in [2.45, 2.75) is 11.9 Å². The number of anilines is 2. The van der Waals surface area contributed by atoms with Crippen LogP contribution < -0.4 is 19.7 Å². The molecule has 0 saturated carbocycles. The third-order valence-corrected chi connectivity index (χ3v) is 9.86. The van der Waals surface area contributed by atoms with Gasteiger partial charge in [-0.1, -0.05) is 12.1 Å². The lowest BCUT2D eigenvalue weighted by Crippen LogP contribution is -2.49. The zero-order chi connectivity index (χ0) is 30.6. The summed E-state index contributed by atoms with van der Waals surface area (Å²) in [5, 5.41) is 22.1. The highest BCUT2D eigenvalue weighted by molar-refractivity contribution is 7.89. The van der Waals surface area contributed by atoms with Crippen molar-refractivity contribution in [1.29, 1.82) is 5.26 Å². The van der Waals surface area contributed by atoms with Crippen molar-refractivity contribution in [2.75, 3.05) is 62.6 Å². The number of para-hydroxylation sites is 1. The minimum atomic E-state index is -4.13. The van der Waals surface area contributed by atoms with Gasteiger partial charge in [-0.15, -0.1) is 10.2 Å². The van der Waals surface area contributed by atoms with Crippen LogP contribution in [0.1, 0.15) is 21.7 Å². The van der Waals surface area contributed by atoms with Crippen LogP contribution in [0.25, 0.3) is 0 Å². The molecule has 2 saturated heterocycles. The smallest absolute Gasteiger partial charge is 0.370 e. The molecule has 2 aliphatic rings. The van der Waals surface area contributed by atoms with Gasteiger partial charge in [0, 0.05) is 58.1 Å². The number of hydrogen-bond donors (Lipinski definition) is 2. The molecule has 16 nitrogen and oxygen atoms in total. The first-order chi connectivity index (χ1) is 20.6. The molecule has 2 N–H and O–H groups in total. The summed E-state index contributed by atoms with van der Waals surface area (Å²) in [5.74, 6) is -0.560. The Hall–Kier alpha value is -4.28. The van der Waals surface area contributed by atoms with Crippen LogP contribution in [0.4, 0.5) is 11.8 Å². The molecule has 2 aliphatic heterocycles. The van der Waals surface area contributed by atoms with E-state index in [-0.39, 0.29) is 54.0 Å². The van der Waals surface area contributed by atoms with Crippen LogP contribution in [0.2, 0.25) is 0 Å². The summed E-state index contributed by atoms with van der Waals surface area (Å²) in [6.45, 7) is 4.08. The summed E-state index contributed by atoms with van der Waals surface area (Å²) in [6, 6.07) is 11.9. The number of amides is 1. The second kappa shape index (κ2) is 12.5. The number of piperazine rings is 2. The molecule has 1 aromatic carbocycles. The van der Waals surface area contributed by atoms with Gasteiger partial charge in [0.1, 0.15) is 11.8 Å². The van der Waals surface area contributed by atoms with Gasteiger partial charge in [0.25, 0.3) is 15.9 Å². The number of aromatic nitrogens is 4. The third-order valence-electron chi connectivity index (χ3n) is 6.68. The molecule has 0 bridgehead atoms. The van der Waals surface area contributed by atoms with Crippen LogP contribution in [0.15, 0.2) is 47.5 Å². The molecule has 3 aromatic rings. The Morgan fingerprint density at radius 1 is 0.953 bits per heavy atom. The van der Waals surface area contributed by atoms with E-state index in [0.29, 0.717) is 37.8 Å². The zero-order valence-corrected chi connectivity index (χ0v) is 24.7. The number of carbonyl (C=O) groups excluding carboxylic acids is 1. The Morgan fingerprint density at radius 3 is 2.35 bits per heavy atom. The SMILES string of the molecule is Cc1cc(C#N)nc(N2CCN(S(=O)(=O)c3ccc(NC(=O)c4ccccc4OS(=O)(=O)N4CCNCC4)nn3)CC2)n1. The van der Waals surface area contributed by atoms with Gasteiger partial charge < -0.3 is 19.7 Å². The number of nitrogens with one attached hydrogen (secondary N) is 2. The highest BCUT2D eigenvalue weighted by atomic mass is 32.2. The number of nitrogens with zero attached hydrogens (tertiary/aromatic N) is 8. The quantitative estimate of drug-likeness (QED) is 0.330. The van der Waals surface area contributed by atoms with Crippen LogP contribution >= 0.6 is 0 Å². The van der Waals surface area contributed by atoms with Crippen LogP contribution in [0.3, 0.4) is 0 Å². The van der Waals surface area contributed by atoms with E-state index in [1.54, 1.807) is 24.0 Å². The van der Waals surface area contributed by atoms with E-state index < -0.39 is 26.2 Å². The third kappa shape index (κ3) is 6.87. The molecule has 226 valence electrons. The molecule has 2 aromatic heterocycles. The minimum Gasteiger partial charge on any atom is -0.370 e. The fourth-order valence-corrected chi connectivity index (χ4v) is 6.88. The lowest BCUT2D eigenvalue weighted by molar-refractivity contribution is 0.102. The number of rotatable bonds is 8. The second-order valence-electron chi connectivity index (χ2n) is 9.59. The maximum Gasteiger partial charge on any atom is 0.385 e. The van der Waals surface area contributed by atoms with Crippen LogP contribution in [0, 0.1) is 18.3 Å². The Balaban J connectivity index is 1.23. The summed E-state index contributed by atoms with van der Waals surface area (Å²) < 4.78 is 59.6. The Morgan fingerprint density at radius 2 is 1.67 bits per heavy atom. The van der Waals surface area contributed by atoms with Gasteiger partial charge in [0.15, 0.2) is 16.6 Å². The van der Waals surface area contributed by atoms with E-state index in [1.165, 1.54) is 38.9 Å². The van der Waals surface area contributed by atoms with Gasteiger partial charge in [-0.2, -0.15) is 22.3 Å².